The fourth-order valence-electron chi connectivity index (χ4n) is 4.36. The highest BCUT2D eigenvalue weighted by Crippen LogP contribution is 2.33. The summed E-state index contributed by atoms with van der Waals surface area (Å²) in [5.74, 6) is 0. The summed E-state index contributed by atoms with van der Waals surface area (Å²) in [6.45, 7) is 1.39. The van der Waals surface area contributed by atoms with Crippen molar-refractivity contribution in [1.29, 1.82) is 0 Å². The highest BCUT2D eigenvalue weighted by molar-refractivity contribution is 5.43. The van der Waals surface area contributed by atoms with Crippen molar-refractivity contribution in [2.24, 2.45) is 11.5 Å². The molecule has 0 saturated carbocycles. The average Bonchev–Trinajstić information content (AvgIpc) is 3.04. The Bertz CT molecular complexity index is 934. The number of fused-ring (bicyclic) bond motifs is 2. The van der Waals surface area contributed by atoms with Gasteiger partial charge in [-0.05, 0) is 63.0 Å². The molecule has 0 aliphatic heterocycles. The van der Waals surface area contributed by atoms with Crippen LogP contribution >= 0.6 is 0 Å². The molecule has 3 aromatic rings. The van der Waals surface area contributed by atoms with E-state index in [1.54, 1.807) is 0 Å². The molecule has 28 heavy (non-hydrogen) atoms. The zero-order chi connectivity index (χ0) is 19.5. The molecule has 0 aromatic carbocycles. The first-order valence-corrected chi connectivity index (χ1v) is 10.2. The van der Waals surface area contributed by atoms with Crippen LogP contribution in [0.3, 0.4) is 0 Å². The number of aryl methyl sites for hydroxylation is 1. The summed E-state index contributed by atoms with van der Waals surface area (Å²) in [5.41, 5.74) is 17.9. The number of nitrogens with zero attached hydrogens (tertiary/aromatic N) is 4. The predicted octanol–water partition coefficient (Wildman–Crippen LogP) is 2.46. The molecule has 0 fully saturated rings. The molecule has 0 saturated heterocycles. The third kappa shape index (κ3) is 3.81. The van der Waals surface area contributed by atoms with E-state index in [1.165, 1.54) is 23.4 Å². The zero-order valence-corrected chi connectivity index (χ0v) is 16.6. The van der Waals surface area contributed by atoms with Crippen molar-refractivity contribution in [3.63, 3.8) is 0 Å². The van der Waals surface area contributed by atoms with Gasteiger partial charge < -0.3 is 15.9 Å². The topological polar surface area (TPSA) is 85.5 Å². The number of pyridine rings is 2. The predicted molar refractivity (Wildman–Crippen MR) is 112 cm³/mol. The molecule has 1 aliphatic rings. The minimum atomic E-state index is 0.0474. The van der Waals surface area contributed by atoms with Crippen LogP contribution in [-0.4, -0.2) is 38.9 Å². The third-order valence-corrected chi connectivity index (χ3v) is 5.80. The fraction of sp³-hybridized carbons (Fsp3) is 0.455. The standard InChI is InChI=1S/C22H30N6/c1-27(19-8-4-6-16-7-5-12-25-22(16)19)15-18-20(14-17(24)10-11-23)28-13-3-2-9-21(28)26-18/h2-3,5,7,9,12-13,17,19H,4,6,8,10-11,14-15,23-24H2,1H3. The largest absolute Gasteiger partial charge is 0.330 e. The Labute approximate surface area is 166 Å². The van der Waals surface area contributed by atoms with E-state index in [0.29, 0.717) is 12.6 Å². The maximum Gasteiger partial charge on any atom is 0.137 e. The Morgan fingerprint density at radius 1 is 1.29 bits per heavy atom. The van der Waals surface area contributed by atoms with Crippen molar-refractivity contribution >= 4 is 5.65 Å². The highest BCUT2D eigenvalue weighted by atomic mass is 15.2. The number of aromatic nitrogens is 3. The number of rotatable bonds is 7. The number of imidazole rings is 1. The maximum absolute atomic E-state index is 6.33. The molecule has 0 bridgehead atoms. The summed E-state index contributed by atoms with van der Waals surface area (Å²) in [4.78, 5) is 12.0. The van der Waals surface area contributed by atoms with Crippen LogP contribution in [0.2, 0.25) is 0 Å². The number of hydrogen-bond acceptors (Lipinski definition) is 5. The summed E-state index contributed by atoms with van der Waals surface area (Å²) in [6, 6.07) is 10.8. The Hall–Kier alpha value is -2.28. The lowest BCUT2D eigenvalue weighted by molar-refractivity contribution is 0.206. The van der Waals surface area contributed by atoms with E-state index in [9.17, 15) is 0 Å². The van der Waals surface area contributed by atoms with Crippen LogP contribution in [-0.2, 0) is 19.4 Å². The lowest BCUT2D eigenvalue weighted by Crippen LogP contribution is -2.30. The van der Waals surface area contributed by atoms with Crippen molar-refractivity contribution in [2.75, 3.05) is 13.6 Å². The van der Waals surface area contributed by atoms with Crippen molar-refractivity contribution < 1.29 is 0 Å². The van der Waals surface area contributed by atoms with Gasteiger partial charge in [0.05, 0.1) is 17.4 Å². The van der Waals surface area contributed by atoms with Crippen molar-refractivity contribution in [3.8, 4) is 0 Å². The molecule has 3 aromatic heterocycles. The smallest absolute Gasteiger partial charge is 0.137 e. The summed E-state index contributed by atoms with van der Waals surface area (Å²) in [5, 5.41) is 0. The van der Waals surface area contributed by atoms with Gasteiger partial charge in [-0.1, -0.05) is 12.1 Å². The Kier molecular flexibility index (Phi) is 5.71. The second-order valence-electron chi connectivity index (χ2n) is 7.85. The van der Waals surface area contributed by atoms with Gasteiger partial charge in [0, 0.05) is 37.1 Å². The normalized spacial score (nSPS) is 17.8. The van der Waals surface area contributed by atoms with Crippen LogP contribution in [0.4, 0.5) is 0 Å². The van der Waals surface area contributed by atoms with E-state index in [-0.39, 0.29) is 6.04 Å². The molecule has 2 atom stereocenters. The molecule has 6 heteroatoms. The summed E-state index contributed by atoms with van der Waals surface area (Å²) >= 11 is 0. The monoisotopic (exact) mass is 378 g/mol. The van der Waals surface area contributed by atoms with Gasteiger partial charge in [-0.25, -0.2) is 4.98 Å². The van der Waals surface area contributed by atoms with E-state index in [4.69, 9.17) is 21.4 Å². The van der Waals surface area contributed by atoms with Crippen LogP contribution in [0.25, 0.3) is 5.65 Å². The molecule has 4 rings (SSSR count). The number of hydrogen-bond donors (Lipinski definition) is 2. The van der Waals surface area contributed by atoms with Gasteiger partial charge in [0.1, 0.15) is 5.65 Å². The number of nitrogens with two attached hydrogens (primary N) is 2. The van der Waals surface area contributed by atoms with Crippen LogP contribution in [0.5, 0.6) is 0 Å². The Morgan fingerprint density at radius 2 is 2.18 bits per heavy atom. The molecular formula is C22H30N6. The van der Waals surface area contributed by atoms with Gasteiger partial charge in [-0.15, -0.1) is 0 Å². The van der Waals surface area contributed by atoms with Gasteiger partial charge in [-0.3, -0.25) is 9.88 Å². The third-order valence-electron chi connectivity index (χ3n) is 5.80. The highest BCUT2D eigenvalue weighted by Gasteiger charge is 2.26. The zero-order valence-electron chi connectivity index (χ0n) is 16.6. The molecule has 4 N–H and O–H groups in total. The first kappa shape index (κ1) is 19.1. The quantitative estimate of drug-likeness (QED) is 0.660. The van der Waals surface area contributed by atoms with E-state index in [0.717, 1.165) is 43.6 Å². The fourth-order valence-corrected chi connectivity index (χ4v) is 4.36. The molecule has 2 unspecified atom stereocenters. The van der Waals surface area contributed by atoms with Gasteiger partial charge in [0.15, 0.2) is 0 Å². The average molecular weight is 379 g/mol. The van der Waals surface area contributed by atoms with Gasteiger partial charge >= 0.3 is 0 Å². The summed E-state index contributed by atoms with van der Waals surface area (Å²) in [7, 11) is 2.18. The van der Waals surface area contributed by atoms with E-state index < -0.39 is 0 Å². The minimum Gasteiger partial charge on any atom is -0.330 e. The van der Waals surface area contributed by atoms with Gasteiger partial charge in [0.25, 0.3) is 0 Å². The molecule has 0 radical (unpaired) electrons. The lowest BCUT2D eigenvalue weighted by Gasteiger charge is -2.32. The van der Waals surface area contributed by atoms with E-state index in [2.05, 4.69) is 34.7 Å². The first-order chi connectivity index (χ1) is 13.7. The molecule has 0 amide bonds. The molecule has 0 spiro atoms. The molecule has 6 nitrogen and oxygen atoms in total. The van der Waals surface area contributed by atoms with Crippen molar-refractivity contribution in [1.82, 2.24) is 19.3 Å². The van der Waals surface area contributed by atoms with Crippen molar-refractivity contribution in [3.05, 3.63) is 65.4 Å². The SMILES string of the molecule is CN(Cc1nc2ccccn2c1CC(N)CCN)C1CCCc2cccnc21. The van der Waals surface area contributed by atoms with Crippen molar-refractivity contribution in [2.45, 2.75) is 50.7 Å². The Morgan fingerprint density at radius 3 is 3.04 bits per heavy atom. The van der Waals surface area contributed by atoms with E-state index in [1.807, 2.05) is 24.4 Å². The van der Waals surface area contributed by atoms with Crippen LogP contribution < -0.4 is 11.5 Å². The van der Waals surface area contributed by atoms with Gasteiger partial charge in [0.2, 0.25) is 0 Å². The van der Waals surface area contributed by atoms with Gasteiger partial charge in [-0.2, -0.15) is 0 Å². The first-order valence-electron chi connectivity index (χ1n) is 10.2. The molecule has 148 valence electrons. The summed E-state index contributed by atoms with van der Waals surface area (Å²) in [6.07, 6.45) is 9.05. The summed E-state index contributed by atoms with van der Waals surface area (Å²) < 4.78 is 2.17. The molecule has 1 aliphatic carbocycles. The van der Waals surface area contributed by atoms with E-state index >= 15 is 0 Å². The molecular weight excluding hydrogens is 348 g/mol. The second-order valence-corrected chi connectivity index (χ2v) is 7.85. The Balaban J connectivity index is 1.62. The molecule has 3 heterocycles. The van der Waals surface area contributed by atoms with Crippen LogP contribution in [0.15, 0.2) is 42.7 Å². The lowest BCUT2D eigenvalue weighted by atomic mass is 9.91. The minimum absolute atomic E-state index is 0.0474. The van der Waals surface area contributed by atoms with Crippen LogP contribution in [0, 0.1) is 0 Å². The van der Waals surface area contributed by atoms with Crippen LogP contribution in [0.1, 0.15) is 47.9 Å². The maximum atomic E-state index is 6.33. The second kappa shape index (κ2) is 8.39.